The van der Waals surface area contributed by atoms with Crippen LogP contribution in [0, 0.1) is 18.3 Å². The number of aryl methyl sites for hydroxylation is 1. The highest BCUT2D eigenvalue weighted by atomic mass is 16.4. The van der Waals surface area contributed by atoms with Crippen molar-refractivity contribution >= 4 is 0 Å². The van der Waals surface area contributed by atoms with E-state index >= 15 is 0 Å². The van der Waals surface area contributed by atoms with E-state index < -0.39 is 6.10 Å². The van der Waals surface area contributed by atoms with Crippen LogP contribution in [0.4, 0.5) is 0 Å². The van der Waals surface area contributed by atoms with Gasteiger partial charge in [0.25, 0.3) is 0 Å². The second-order valence-corrected chi connectivity index (χ2v) is 4.69. The van der Waals surface area contributed by atoms with Crippen molar-refractivity contribution in [2.45, 2.75) is 26.0 Å². The summed E-state index contributed by atoms with van der Waals surface area (Å²) in [6.07, 6.45) is 1.03. The Morgan fingerprint density at radius 1 is 1.40 bits per heavy atom. The lowest BCUT2D eigenvalue weighted by Gasteiger charge is -2.15. The molecule has 0 aliphatic rings. The number of oxazole rings is 1. The molecule has 2 rings (SSSR count). The summed E-state index contributed by atoms with van der Waals surface area (Å²) < 4.78 is 5.42. The number of nitrogens with zero attached hydrogens (tertiary/aromatic N) is 2. The second kappa shape index (κ2) is 6.33. The highest BCUT2D eigenvalue weighted by Crippen LogP contribution is 2.16. The van der Waals surface area contributed by atoms with Crippen molar-refractivity contribution in [2.24, 2.45) is 0 Å². The van der Waals surface area contributed by atoms with Gasteiger partial charge in [0, 0.05) is 6.54 Å². The Labute approximate surface area is 117 Å². The predicted octanol–water partition coefficient (Wildman–Crippen LogP) is 2.24. The smallest absolute Gasteiger partial charge is 0.211 e. The molecule has 0 bridgehead atoms. The van der Waals surface area contributed by atoms with Crippen LogP contribution in [0.5, 0.6) is 0 Å². The lowest BCUT2D eigenvalue weighted by Crippen LogP contribution is -2.24. The van der Waals surface area contributed by atoms with Crippen LogP contribution in [0.2, 0.25) is 0 Å². The predicted molar refractivity (Wildman–Crippen MR) is 73.8 cm³/mol. The molecule has 0 saturated heterocycles. The molecule has 0 fully saturated rings. The summed E-state index contributed by atoms with van der Waals surface area (Å²) in [5.74, 6) is 1.37. The average molecular weight is 271 g/mol. The molecule has 2 N–H and O–H groups in total. The summed E-state index contributed by atoms with van der Waals surface area (Å²) in [5.41, 5.74) is 1.35. The SMILES string of the molecule is Cc1cnc(C(C)NCC(O)c2ccc(C#N)cc2)o1. The summed E-state index contributed by atoms with van der Waals surface area (Å²) in [4.78, 5) is 4.14. The molecule has 0 saturated carbocycles. The summed E-state index contributed by atoms with van der Waals surface area (Å²) in [5, 5.41) is 22.0. The van der Waals surface area contributed by atoms with Crippen LogP contribution in [-0.4, -0.2) is 16.6 Å². The zero-order valence-corrected chi connectivity index (χ0v) is 11.5. The number of hydrogen-bond donors (Lipinski definition) is 2. The van der Waals surface area contributed by atoms with Crippen molar-refractivity contribution in [2.75, 3.05) is 6.54 Å². The van der Waals surface area contributed by atoms with E-state index in [9.17, 15) is 5.11 Å². The van der Waals surface area contributed by atoms with E-state index in [4.69, 9.17) is 9.68 Å². The largest absolute Gasteiger partial charge is 0.444 e. The molecule has 2 atom stereocenters. The fourth-order valence-electron chi connectivity index (χ4n) is 1.85. The molecule has 0 aliphatic heterocycles. The number of benzene rings is 1. The molecule has 2 aromatic rings. The van der Waals surface area contributed by atoms with Gasteiger partial charge in [-0.1, -0.05) is 12.1 Å². The molecule has 1 aromatic heterocycles. The number of nitrogens with one attached hydrogen (secondary N) is 1. The molecular weight excluding hydrogens is 254 g/mol. The summed E-state index contributed by atoms with van der Waals surface area (Å²) >= 11 is 0. The van der Waals surface area contributed by atoms with Crippen LogP contribution in [0.15, 0.2) is 34.9 Å². The zero-order valence-electron chi connectivity index (χ0n) is 11.5. The zero-order chi connectivity index (χ0) is 14.5. The number of rotatable bonds is 5. The van der Waals surface area contributed by atoms with Gasteiger partial charge in [-0.15, -0.1) is 0 Å². The second-order valence-electron chi connectivity index (χ2n) is 4.69. The average Bonchev–Trinajstić information content (AvgIpc) is 2.91. The van der Waals surface area contributed by atoms with E-state index in [0.717, 1.165) is 11.3 Å². The van der Waals surface area contributed by atoms with Crippen LogP contribution in [0.1, 0.15) is 41.8 Å². The maximum absolute atomic E-state index is 10.1. The molecular formula is C15H17N3O2. The third kappa shape index (κ3) is 3.44. The third-order valence-electron chi connectivity index (χ3n) is 3.05. The van der Waals surface area contributed by atoms with Gasteiger partial charge in [0.1, 0.15) is 5.76 Å². The van der Waals surface area contributed by atoms with Crippen molar-refractivity contribution in [1.82, 2.24) is 10.3 Å². The van der Waals surface area contributed by atoms with E-state index in [0.29, 0.717) is 18.0 Å². The van der Waals surface area contributed by atoms with Gasteiger partial charge >= 0.3 is 0 Å². The molecule has 0 amide bonds. The fraction of sp³-hybridized carbons (Fsp3) is 0.333. The molecule has 5 nitrogen and oxygen atoms in total. The number of nitriles is 1. The van der Waals surface area contributed by atoms with Crippen LogP contribution in [0.25, 0.3) is 0 Å². The van der Waals surface area contributed by atoms with Gasteiger partial charge in [-0.05, 0) is 31.5 Å². The molecule has 1 heterocycles. The van der Waals surface area contributed by atoms with Crippen molar-refractivity contribution < 1.29 is 9.52 Å². The Kier molecular flexibility index (Phi) is 4.51. The topological polar surface area (TPSA) is 82.1 Å². The highest BCUT2D eigenvalue weighted by molar-refractivity contribution is 5.32. The molecule has 1 aromatic carbocycles. The van der Waals surface area contributed by atoms with Gasteiger partial charge in [-0.25, -0.2) is 4.98 Å². The van der Waals surface area contributed by atoms with Gasteiger partial charge in [0.05, 0.1) is 30.0 Å². The van der Waals surface area contributed by atoms with E-state index in [1.54, 1.807) is 30.5 Å². The first-order chi connectivity index (χ1) is 9.60. The normalized spacial score (nSPS) is 13.7. The van der Waals surface area contributed by atoms with Crippen molar-refractivity contribution in [3.05, 3.63) is 53.2 Å². The van der Waals surface area contributed by atoms with Gasteiger partial charge in [-0.3, -0.25) is 0 Å². The van der Waals surface area contributed by atoms with E-state index in [-0.39, 0.29) is 6.04 Å². The molecule has 0 radical (unpaired) electrons. The first-order valence-corrected chi connectivity index (χ1v) is 6.44. The van der Waals surface area contributed by atoms with Gasteiger partial charge < -0.3 is 14.8 Å². The van der Waals surface area contributed by atoms with Crippen molar-refractivity contribution in [3.8, 4) is 6.07 Å². The first-order valence-electron chi connectivity index (χ1n) is 6.44. The lowest BCUT2D eigenvalue weighted by atomic mass is 10.1. The Hall–Kier alpha value is -2.16. The van der Waals surface area contributed by atoms with Crippen molar-refractivity contribution in [1.29, 1.82) is 5.26 Å². The Morgan fingerprint density at radius 2 is 2.10 bits per heavy atom. The number of aliphatic hydroxyl groups excluding tert-OH is 1. The van der Waals surface area contributed by atoms with Crippen LogP contribution < -0.4 is 5.32 Å². The minimum atomic E-state index is -0.638. The fourth-order valence-corrected chi connectivity index (χ4v) is 1.85. The minimum Gasteiger partial charge on any atom is -0.444 e. The monoisotopic (exact) mass is 271 g/mol. The van der Waals surface area contributed by atoms with Gasteiger partial charge in [0.2, 0.25) is 5.89 Å². The number of aromatic nitrogens is 1. The van der Waals surface area contributed by atoms with Gasteiger partial charge in [-0.2, -0.15) is 5.26 Å². The Morgan fingerprint density at radius 3 is 2.65 bits per heavy atom. The van der Waals surface area contributed by atoms with E-state index in [1.165, 1.54) is 0 Å². The summed E-state index contributed by atoms with van der Waals surface area (Å²) in [6, 6.07) is 8.87. The number of hydrogen-bond acceptors (Lipinski definition) is 5. The molecule has 20 heavy (non-hydrogen) atoms. The first kappa shape index (κ1) is 14.3. The summed E-state index contributed by atoms with van der Waals surface area (Å²) in [6.45, 7) is 4.15. The van der Waals surface area contributed by atoms with Crippen LogP contribution in [-0.2, 0) is 0 Å². The van der Waals surface area contributed by atoms with E-state index in [1.807, 2.05) is 19.9 Å². The van der Waals surface area contributed by atoms with Crippen LogP contribution >= 0.6 is 0 Å². The highest BCUT2D eigenvalue weighted by Gasteiger charge is 2.14. The minimum absolute atomic E-state index is 0.0725. The maximum atomic E-state index is 10.1. The Bertz CT molecular complexity index is 598. The quantitative estimate of drug-likeness (QED) is 0.871. The van der Waals surface area contributed by atoms with Crippen molar-refractivity contribution in [3.63, 3.8) is 0 Å². The van der Waals surface area contributed by atoms with Crippen LogP contribution in [0.3, 0.4) is 0 Å². The maximum Gasteiger partial charge on any atom is 0.211 e. The van der Waals surface area contributed by atoms with E-state index in [2.05, 4.69) is 10.3 Å². The third-order valence-corrected chi connectivity index (χ3v) is 3.05. The molecule has 2 unspecified atom stereocenters. The number of aliphatic hydroxyl groups is 1. The molecule has 0 aliphatic carbocycles. The van der Waals surface area contributed by atoms with Gasteiger partial charge in [0.15, 0.2) is 0 Å². The Balaban J connectivity index is 1.91. The molecule has 104 valence electrons. The molecule has 0 spiro atoms. The molecule has 5 heteroatoms. The summed E-state index contributed by atoms with van der Waals surface area (Å²) in [7, 11) is 0. The lowest BCUT2D eigenvalue weighted by molar-refractivity contribution is 0.168. The standard InChI is InChI=1S/C15H17N3O2/c1-10-8-18-15(20-10)11(2)17-9-14(19)13-5-3-12(7-16)4-6-13/h3-6,8,11,14,17,19H,9H2,1-2H3.